The Kier molecular flexibility index (Phi) is 6.52. The Morgan fingerprint density at radius 3 is 2.58 bits per heavy atom. The molecule has 5 rings (SSSR count). The number of fused-ring (bicyclic) bond motifs is 2. The molecule has 4 atom stereocenters. The van der Waals surface area contributed by atoms with Crippen LogP contribution in [0.3, 0.4) is 0 Å². The van der Waals surface area contributed by atoms with Crippen LogP contribution in [-0.4, -0.2) is 56.7 Å². The molecule has 7 nitrogen and oxygen atoms in total. The lowest BCUT2D eigenvalue weighted by atomic mass is 9.93. The fraction of sp³-hybridized carbons (Fsp3) is 0.552. The Labute approximate surface area is 212 Å². The van der Waals surface area contributed by atoms with E-state index in [1.165, 1.54) is 0 Å². The van der Waals surface area contributed by atoms with Crippen molar-refractivity contribution in [3.63, 3.8) is 0 Å². The summed E-state index contributed by atoms with van der Waals surface area (Å²) in [5, 5.41) is 19.5. The molecular weight excluding hydrogens is 454 g/mol. The second-order valence-corrected chi connectivity index (χ2v) is 11.3. The van der Waals surface area contributed by atoms with Crippen molar-refractivity contribution in [3.8, 4) is 11.8 Å². The molecule has 0 amide bonds. The lowest BCUT2D eigenvalue weighted by Crippen LogP contribution is -2.36. The van der Waals surface area contributed by atoms with E-state index in [0.717, 1.165) is 62.0 Å². The number of rotatable bonds is 8. The van der Waals surface area contributed by atoms with Gasteiger partial charge in [0.25, 0.3) is 0 Å². The summed E-state index contributed by atoms with van der Waals surface area (Å²) in [7, 11) is 0. The first-order chi connectivity index (χ1) is 17.2. The standard InChI is InChI=1S/C29H35N3O4/c1-18-24(27(34)17-31-22-11-12-25(31)26(33)14-22)13-23(32(18)21-9-7-19(16-30)8-10-21)6-4-5-20-15-29(2,3)36-28(20)35/h7-10,13,20,22,25-26,33H,4-6,11-12,14-15,17H2,1-3H3/t20?,22-,25+,26+/m0/s1. The predicted molar refractivity (Wildman–Crippen MR) is 135 cm³/mol. The third kappa shape index (κ3) is 4.60. The number of cyclic esters (lactones) is 1. The van der Waals surface area contributed by atoms with Gasteiger partial charge >= 0.3 is 5.97 Å². The number of Topliss-reactive ketones (excluding diaryl/α,β-unsaturated/α-hetero) is 1. The van der Waals surface area contributed by atoms with E-state index in [-0.39, 0.29) is 29.8 Å². The van der Waals surface area contributed by atoms with Crippen LogP contribution in [0.4, 0.5) is 0 Å². The van der Waals surface area contributed by atoms with Crippen molar-refractivity contribution in [2.75, 3.05) is 6.54 Å². The molecule has 190 valence electrons. The highest BCUT2D eigenvalue weighted by atomic mass is 16.6. The predicted octanol–water partition coefficient (Wildman–Crippen LogP) is 4.10. The molecule has 3 aliphatic rings. The number of aryl methyl sites for hydroxylation is 1. The molecule has 1 unspecified atom stereocenters. The number of ether oxygens (including phenoxy) is 1. The number of aliphatic hydroxyl groups is 1. The Bertz CT molecular complexity index is 1210. The molecule has 4 heterocycles. The normalized spacial score (nSPS) is 26.8. The number of ketones is 1. The van der Waals surface area contributed by atoms with Crippen molar-refractivity contribution >= 4 is 11.8 Å². The van der Waals surface area contributed by atoms with Crippen LogP contribution < -0.4 is 0 Å². The van der Waals surface area contributed by atoms with Gasteiger partial charge in [-0.05, 0) is 96.0 Å². The van der Waals surface area contributed by atoms with Crippen LogP contribution in [0.15, 0.2) is 30.3 Å². The second-order valence-electron chi connectivity index (χ2n) is 11.3. The summed E-state index contributed by atoms with van der Waals surface area (Å²) < 4.78 is 7.60. The zero-order chi connectivity index (χ0) is 25.6. The molecule has 3 fully saturated rings. The minimum atomic E-state index is -0.400. The van der Waals surface area contributed by atoms with Crippen LogP contribution in [0.2, 0.25) is 0 Å². The summed E-state index contributed by atoms with van der Waals surface area (Å²) in [6, 6.07) is 12.0. The minimum Gasteiger partial charge on any atom is -0.459 e. The highest BCUT2D eigenvalue weighted by Crippen LogP contribution is 2.38. The van der Waals surface area contributed by atoms with Gasteiger partial charge in [-0.25, -0.2) is 0 Å². The van der Waals surface area contributed by atoms with Gasteiger partial charge in [-0.3, -0.25) is 14.5 Å². The Morgan fingerprint density at radius 1 is 1.25 bits per heavy atom. The van der Waals surface area contributed by atoms with E-state index in [2.05, 4.69) is 15.5 Å². The van der Waals surface area contributed by atoms with Crippen LogP contribution in [0, 0.1) is 24.2 Å². The van der Waals surface area contributed by atoms with Crippen molar-refractivity contribution in [1.82, 2.24) is 9.47 Å². The van der Waals surface area contributed by atoms with Crippen LogP contribution >= 0.6 is 0 Å². The number of hydrogen-bond donors (Lipinski definition) is 1. The first-order valence-electron chi connectivity index (χ1n) is 13.1. The van der Waals surface area contributed by atoms with Gasteiger partial charge in [0, 0.05) is 34.7 Å². The topological polar surface area (TPSA) is 95.6 Å². The minimum absolute atomic E-state index is 0.0771. The summed E-state index contributed by atoms with van der Waals surface area (Å²) >= 11 is 0. The largest absolute Gasteiger partial charge is 0.459 e. The molecular formula is C29H35N3O4. The number of benzene rings is 1. The first kappa shape index (κ1) is 24.7. The number of aromatic nitrogens is 1. The smallest absolute Gasteiger partial charge is 0.309 e. The highest BCUT2D eigenvalue weighted by Gasteiger charge is 2.46. The molecule has 0 spiro atoms. The number of carbonyl (C=O) groups excluding carboxylic acids is 2. The molecule has 1 N–H and O–H groups in total. The molecule has 3 aliphatic heterocycles. The summed E-state index contributed by atoms with van der Waals surface area (Å²) in [6.45, 7) is 6.20. The summed E-state index contributed by atoms with van der Waals surface area (Å²) in [4.78, 5) is 27.9. The van der Waals surface area contributed by atoms with Crippen LogP contribution in [0.5, 0.6) is 0 Å². The van der Waals surface area contributed by atoms with E-state index in [1.807, 2.05) is 39.0 Å². The molecule has 36 heavy (non-hydrogen) atoms. The number of esters is 1. The molecule has 3 saturated heterocycles. The van der Waals surface area contributed by atoms with Gasteiger partial charge in [0.1, 0.15) is 5.60 Å². The lowest BCUT2D eigenvalue weighted by molar-refractivity contribution is -0.148. The summed E-state index contributed by atoms with van der Waals surface area (Å²) in [6.07, 6.45) is 5.45. The quantitative estimate of drug-likeness (QED) is 0.443. The summed E-state index contributed by atoms with van der Waals surface area (Å²) in [5.74, 6) is -0.122. The van der Waals surface area contributed by atoms with Gasteiger partial charge in [0.15, 0.2) is 5.78 Å². The number of carbonyl (C=O) groups is 2. The van der Waals surface area contributed by atoms with Gasteiger partial charge in [-0.2, -0.15) is 5.26 Å². The van der Waals surface area contributed by atoms with Gasteiger partial charge in [-0.1, -0.05) is 0 Å². The van der Waals surface area contributed by atoms with Gasteiger partial charge in [0.05, 0.1) is 30.2 Å². The van der Waals surface area contributed by atoms with Crippen LogP contribution in [-0.2, 0) is 16.0 Å². The fourth-order valence-electron chi connectivity index (χ4n) is 6.57. The zero-order valence-electron chi connectivity index (χ0n) is 21.4. The van der Waals surface area contributed by atoms with E-state index in [1.54, 1.807) is 12.1 Å². The molecule has 7 heteroatoms. The Hall–Kier alpha value is -2.95. The summed E-state index contributed by atoms with van der Waals surface area (Å²) in [5.41, 5.74) is 3.72. The van der Waals surface area contributed by atoms with Crippen molar-refractivity contribution in [3.05, 3.63) is 52.8 Å². The van der Waals surface area contributed by atoms with Crippen LogP contribution in [0.1, 0.15) is 79.7 Å². The number of nitriles is 1. The molecule has 0 aliphatic carbocycles. The monoisotopic (exact) mass is 489 g/mol. The van der Waals surface area contributed by atoms with E-state index >= 15 is 0 Å². The maximum Gasteiger partial charge on any atom is 0.309 e. The van der Waals surface area contributed by atoms with Gasteiger partial charge in [0.2, 0.25) is 0 Å². The van der Waals surface area contributed by atoms with Gasteiger partial charge in [-0.15, -0.1) is 0 Å². The van der Waals surface area contributed by atoms with Gasteiger partial charge < -0.3 is 14.4 Å². The molecule has 2 bridgehead atoms. The maximum atomic E-state index is 13.5. The molecule has 0 saturated carbocycles. The Morgan fingerprint density at radius 2 is 2.00 bits per heavy atom. The third-order valence-corrected chi connectivity index (χ3v) is 8.29. The first-order valence-corrected chi connectivity index (χ1v) is 13.1. The average molecular weight is 490 g/mol. The number of nitrogens with zero attached hydrogens (tertiary/aromatic N) is 3. The second kappa shape index (κ2) is 9.49. The Balaban J connectivity index is 1.38. The molecule has 2 aromatic rings. The average Bonchev–Trinajstić information content (AvgIpc) is 3.53. The SMILES string of the molecule is Cc1c(C(=O)CN2[C@H]3CC[C@@H]2[C@H](O)C3)cc(CCCC2CC(C)(C)OC2=O)n1-c1ccc(C#N)cc1. The lowest BCUT2D eigenvalue weighted by Gasteiger charge is -2.21. The van der Waals surface area contributed by atoms with E-state index in [9.17, 15) is 20.0 Å². The molecule has 1 aromatic carbocycles. The molecule has 0 radical (unpaired) electrons. The number of hydrogen-bond acceptors (Lipinski definition) is 6. The fourth-order valence-corrected chi connectivity index (χ4v) is 6.57. The number of aliphatic hydroxyl groups excluding tert-OH is 1. The molecule has 1 aromatic heterocycles. The van der Waals surface area contributed by atoms with Crippen molar-refractivity contribution < 1.29 is 19.4 Å². The van der Waals surface area contributed by atoms with Crippen molar-refractivity contribution in [1.29, 1.82) is 5.26 Å². The van der Waals surface area contributed by atoms with E-state index in [4.69, 9.17) is 4.74 Å². The van der Waals surface area contributed by atoms with Crippen LogP contribution in [0.25, 0.3) is 5.69 Å². The zero-order valence-corrected chi connectivity index (χ0v) is 21.4. The maximum absolute atomic E-state index is 13.5. The third-order valence-electron chi connectivity index (χ3n) is 8.29. The van der Waals surface area contributed by atoms with E-state index in [0.29, 0.717) is 23.7 Å². The van der Waals surface area contributed by atoms with E-state index < -0.39 is 5.60 Å². The van der Waals surface area contributed by atoms with Crippen molar-refractivity contribution in [2.24, 2.45) is 5.92 Å². The van der Waals surface area contributed by atoms with Crippen molar-refractivity contribution in [2.45, 2.75) is 89.5 Å². The highest BCUT2D eigenvalue weighted by molar-refractivity contribution is 5.99.